The lowest BCUT2D eigenvalue weighted by molar-refractivity contribution is 0.171. The van der Waals surface area contributed by atoms with Crippen LogP contribution in [0.3, 0.4) is 0 Å². The van der Waals surface area contributed by atoms with E-state index in [4.69, 9.17) is 4.74 Å². The SMILES string of the molecule is COCCN(C(C)C)S(=O)(=O)c1ccc(C)c(CO)c1. The molecule has 0 aliphatic heterocycles. The minimum Gasteiger partial charge on any atom is -0.392 e. The van der Waals surface area contributed by atoms with Gasteiger partial charge in [-0.1, -0.05) is 6.07 Å². The van der Waals surface area contributed by atoms with Crippen LogP contribution in [0, 0.1) is 6.92 Å². The zero-order chi connectivity index (χ0) is 15.3. The third kappa shape index (κ3) is 3.79. The van der Waals surface area contributed by atoms with Crippen molar-refractivity contribution in [3.8, 4) is 0 Å². The van der Waals surface area contributed by atoms with Crippen LogP contribution in [0.25, 0.3) is 0 Å². The lowest BCUT2D eigenvalue weighted by Crippen LogP contribution is -2.39. The number of ether oxygens (including phenoxy) is 1. The van der Waals surface area contributed by atoms with E-state index in [1.807, 2.05) is 20.8 Å². The van der Waals surface area contributed by atoms with E-state index in [0.717, 1.165) is 5.56 Å². The van der Waals surface area contributed by atoms with Crippen molar-refractivity contribution < 1.29 is 18.3 Å². The van der Waals surface area contributed by atoms with Crippen LogP contribution >= 0.6 is 0 Å². The molecule has 1 N–H and O–H groups in total. The van der Waals surface area contributed by atoms with Crippen molar-refractivity contribution in [1.29, 1.82) is 0 Å². The predicted molar refractivity (Wildman–Crippen MR) is 78.0 cm³/mol. The minimum absolute atomic E-state index is 0.158. The normalized spacial score (nSPS) is 12.3. The van der Waals surface area contributed by atoms with Crippen molar-refractivity contribution in [2.45, 2.75) is 38.3 Å². The Kier molecular flexibility index (Phi) is 6.13. The van der Waals surface area contributed by atoms with Gasteiger partial charge in [-0.25, -0.2) is 8.42 Å². The van der Waals surface area contributed by atoms with Gasteiger partial charge in [0.2, 0.25) is 10.0 Å². The second kappa shape index (κ2) is 7.17. The molecule has 0 radical (unpaired) electrons. The largest absolute Gasteiger partial charge is 0.392 e. The molecule has 0 aliphatic rings. The molecule has 1 rings (SSSR count). The maximum absolute atomic E-state index is 12.6. The molecular formula is C14H23NO4S. The Hall–Kier alpha value is -0.950. The van der Waals surface area contributed by atoms with E-state index in [1.54, 1.807) is 19.2 Å². The lowest BCUT2D eigenvalue weighted by Gasteiger charge is -2.26. The average Bonchev–Trinajstić information content (AvgIpc) is 2.38. The van der Waals surface area contributed by atoms with Gasteiger partial charge in [0, 0.05) is 19.7 Å². The molecule has 20 heavy (non-hydrogen) atoms. The molecule has 0 spiro atoms. The fourth-order valence-corrected chi connectivity index (χ4v) is 3.62. The van der Waals surface area contributed by atoms with Gasteiger partial charge in [0.1, 0.15) is 0 Å². The van der Waals surface area contributed by atoms with E-state index in [0.29, 0.717) is 18.7 Å². The minimum atomic E-state index is -3.58. The van der Waals surface area contributed by atoms with Crippen LogP contribution in [-0.4, -0.2) is 44.1 Å². The van der Waals surface area contributed by atoms with Crippen LogP contribution < -0.4 is 0 Å². The van der Waals surface area contributed by atoms with Gasteiger partial charge in [-0.05, 0) is 44.0 Å². The van der Waals surface area contributed by atoms with Gasteiger partial charge < -0.3 is 9.84 Å². The summed E-state index contributed by atoms with van der Waals surface area (Å²) in [7, 11) is -2.04. The third-order valence-corrected chi connectivity index (χ3v) is 5.26. The first-order valence-corrected chi connectivity index (χ1v) is 7.99. The highest BCUT2D eigenvalue weighted by molar-refractivity contribution is 7.89. The van der Waals surface area contributed by atoms with Crippen LogP contribution in [0.5, 0.6) is 0 Å². The monoisotopic (exact) mass is 301 g/mol. The number of rotatable bonds is 7. The van der Waals surface area contributed by atoms with Crippen molar-refractivity contribution in [3.05, 3.63) is 29.3 Å². The van der Waals surface area contributed by atoms with E-state index in [-0.39, 0.29) is 17.5 Å². The Morgan fingerprint density at radius 3 is 2.50 bits per heavy atom. The molecule has 0 fully saturated rings. The molecule has 1 aromatic carbocycles. The summed E-state index contributed by atoms with van der Waals surface area (Å²) in [6, 6.07) is 4.67. The summed E-state index contributed by atoms with van der Waals surface area (Å²) < 4.78 is 31.7. The summed E-state index contributed by atoms with van der Waals surface area (Å²) in [5.41, 5.74) is 1.50. The lowest BCUT2D eigenvalue weighted by atomic mass is 10.1. The summed E-state index contributed by atoms with van der Waals surface area (Å²) in [6.07, 6.45) is 0. The number of sulfonamides is 1. The van der Waals surface area contributed by atoms with Crippen molar-refractivity contribution in [2.24, 2.45) is 0 Å². The molecule has 0 bridgehead atoms. The smallest absolute Gasteiger partial charge is 0.243 e. The number of hydrogen-bond acceptors (Lipinski definition) is 4. The first-order chi connectivity index (χ1) is 9.34. The second-order valence-electron chi connectivity index (χ2n) is 4.95. The van der Waals surface area contributed by atoms with E-state index >= 15 is 0 Å². The molecule has 114 valence electrons. The molecule has 0 amide bonds. The van der Waals surface area contributed by atoms with E-state index < -0.39 is 10.0 Å². The Bertz CT molecular complexity index is 540. The number of aliphatic hydroxyl groups excluding tert-OH is 1. The molecule has 5 nitrogen and oxygen atoms in total. The molecule has 0 unspecified atom stereocenters. The van der Waals surface area contributed by atoms with Gasteiger partial charge >= 0.3 is 0 Å². The van der Waals surface area contributed by atoms with Crippen LogP contribution in [0.1, 0.15) is 25.0 Å². The highest BCUT2D eigenvalue weighted by atomic mass is 32.2. The van der Waals surface area contributed by atoms with Crippen molar-refractivity contribution in [1.82, 2.24) is 4.31 Å². The van der Waals surface area contributed by atoms with Crippen LogP contribution in [0.2, 0.25) is 0 Å². The Morgan fingerprint density at radius 2 is 2.00 bits per heavy atom. The number of benzene rings is 1. The standard InChI is InChI=1S/C14H23NO4S/c1-11(2)15(7-8-19-4)20(17,18)14-6-5-12(3)13(9-14)10-16/h5-6,9,11,16H,7-8,10H2,1-4H3. The van der Waals surface area contributed by atoms with E-state index in [9.17, 15) is 13.5 Å². The molecular weight excluding hydrogens is 278 g/mol. The number of nitrogens with zero attached hydrogens (tertiary/aromatic N) is 1. The van der Waals surface area contributed by atoms with E-state index in [1.165, 1.54) is 10.4 Å². The quantitative estimate of drug-likeness (QED) is 0.829. The number of hydrogen-bond donors (Lipinski definition) is 1. The maximum Gasteiger partial charge on any atom is 0.243 e. The molecule has 6 heteroatoms. The Balaban J connectivity index is 3.19. The first-order valence-electron chi connectivity index (χ1n) is 6.55. The highest BCUT2D eigenvalue weighted by Crippen LogP contribution is 2.21. The topological polar surface area (TPSA) is 66.8 Å². The third-order valence-electron chi connectivity index (χ3n) is 3.19. The summed E-state index contributed by atoms with van der Waals surface area (Å²) >= 11 is 0. The maximum atomic E-state index is 12.6. The number of aliphatic hydroxyl groups is 1. The number of methoxy groups -OCH3 is 1. The Morgan fingerprint density at radius 1 is 1.35 bits per heavy atom. The first kappa shape index (κ1) is 17.1. The average molecular weight is 301 g/mol. The van der Waals surface area contributed by atoms with Gasteiger partial charge in [-0.3, -0.25) is 0 Å². The fourth-order valence-electron chi connectivity index (χ4n) is 1.95. The van der Waals surface area contributed by atoms with Crippen LogP contribution in [-0.2, 0) is 21.4 Å². The molecule has 0 atom stereocenters. The molecule has 0 saturated carbocycles. The zero-order valence-corrected chi connectivity index (χ0v) is 13.3. The molecule has 0 aliphatic carbocycles. The van der Waals surface area contributed by atoms with Crippen molar-refractivity contribution in [3.63, 3.8) is 0 Å². The molecule has 0 aromatic heterocycles. The number of aryl methyl sites for hydroxylation is 1. The summed E-state index contributed by atoms with van der Waals surface area (Å²) in [5, 5.41) is 9.27. The van der Waals surface area contributed by atoms with Gasteiger partial charge in [-0.15, -0.1) is 0 Å². The second-order valence-corrected chi connectivity index (χ2v) is 6.84. The molecule has 0 heterocycles. The molecule has 1 aromatic rings. The van der Waals surface area contributed by atoms with E-state index in [2.05, 4.69) is 0 Å². The van der Waals surface area contributed by atoms with Gasteiger partial charge in [0.25, 0.3) is 0 Å². The fraction of sp³-hybridized carbons (Fsp3) is 0.571. The summed E-state index contributed by atoms with van der Waals surface area (Å²) in [6.45, 7) is 5.97. The predicted octanol–water partition coefficient (Wildman–Crippen LogP) is 1.53. The summed E-state index contributed by atoms with van der Waals surface area (Å²) in [4.78, 5) is 0.206. The van der Waals surface area contributed by atoms with Gasteiger partial charge in [0.15, 0.2) is 0 Å². The summed E-state index contributed by atoms with van der Waals surface area (Å²) in [5.74, 6) is 0. The van der Waals surface area contributed by atoms with Crippen molar-refractivity contribution >= 4 is 10.0 Å². The van der Waals surface area contributed by atoms with Gasteiger partial charge in [-0.2, -0.15) is 4.31 Å². The van der Waals surface area contributed by atoms with Crippen molar-refractivity contribution in [2.75, 3.05) is 20.3 Å². The van der Waals surface area contributed by atoms with Crippen LogP contribution in [0.15, 0.2) is 23.1 Å². The molecule has 0 saturated heterocycles. The zero-order valence-electron chi connectivity index (χ0n) is 12.5. The van der Waals surface area contributed by atoms with Gasteiger partial charge in [0.05, 0.1) is 18.1 Å². The van der Waals surface area contributed by atoms with Crippen LogP contribution in [0.4, 0.5) is 0 Å². The highest BCUT2D eigenvalue weighted by Gasteiger charge is 2.27. The Labute approximate surface area is 121 Å².